The quantitative estimate of drug-likeness (QED) is 0.658. The number of rotatable bonds is 8. The third-order valence-corrected chi connectivity index (χ3v) is 5.13. The summed E-state index contributed by atoms with van der Waals surface area (Å²) in [5.74, 6) is -0.198. The maximum Gasteiger partial charge on any atom is 0.223 e. The number of ketones is 1. The van der Waals surface area contributed by atoms with Gasteiger partial charge in [0, 0.05) is 57.0 Å². The Hall–Kier alpha value is -2.60. The Bertz CT molecular complexity index is 772. The Kier molecular flexibility index (Phi) is 7.25. The summed E-state index contributed by atoms with van der Waals surface area (Å²) >= 11 is 0. The summed E-state index contributed by atoms with van der Waals surface area (Å²) in [6.45, 7) is 4.09. The Morgan fingerprint density at radius 2 is 1.75 bits per heavy atom. The largest absolute Gasteiger partial charge is 0.340 e. The molecule has 0 unspecified atom stereocenters. The van der Waals surface area contributed by atoms with Gasteiger partial charge in [-0.3, -0.25) is 19.5 Å². The highest BCUT2D eigenvalue weighted by Crippen LogP contribution is 2.10. The van der Waals surface area contributed by atoms with Crippen LogP contribution in [0.4, 0.5) is 4.39 Å². The zero-order valence-corrected chi connectivity index (χ0v) is 16.0. The molecule has 1 saturated heterocycles. The molecule has 0 radical (unpaired) electrons. The number of amides is 1. The van der Waals surface area contributed by atoms with Gasteiger partial charge in [-0.2, -0.15) is 0 Å². The normalized spacial score (nSPS) is 14.8. The minimum absolute atomic E-state index is 0.0409. The lowest BCUT2D eigenvalue weighted by Gasteiger charge is -2.34. The first-order chi connectivity index (χ1) is 13.6. The van der Waals surface area contributed by atoms with E-state index in [-0.39, 0.29) is 30.3 Å². The fourth-order valence-electron chi connectivity index (χ4n) is 3.43. The number of nitrogens with zero attached hydrogens (tertiary/aromatic N) is 3. The molecule has 1 aliphatic heterocycles. The third kappa shape index (κ3) is 5.96. The summed E-state index contributed by atoms with van der Waals surface area (Å²) in [6.07, 6.45) is 5.58. The van der Waals surface area contributed by atoms with Crippen LogP contribution in [0.2, 0.25) is 0 Å². The minimum Gasteiger partial charge on any atom is -0.340 e. The molecular weight excluding hydrogens is 357 g/mol. The summed E-state index contributed by atoms with van der Waals surface area (Å²) in [6, 6.07) is 10.1. The van der Waals surface area contributed by atoms with Crippen molar-refractivity contribution in [2.45, 2.75) is 25.7 Å². The van der Waals surface area contributed by atoms with E-state index in [2.05, 4.69) is 9.88 Å². The number of aryl methyl sites for hydroxylation is 1. The molecule has 0 N–H and O–H groups in total. The number of benzene rings is 1. The van der Waals surface area contributed by atoms with Gasteiger partial charge < -0.3 is 4.90 Å². The van der Waals surface area contributed by atoms with Crippen LogP contribution in [0.5, 0.6) is 0 Å². The van der Waals surface area contributed by atoms with E-state index in [1.807, 2.05) is 17.0 Å². The number of halogens is 1. The first kappa shape index (κ1) is 20.1. The van der Waals surface area contributed by atoms with E-state index in [4.69, 9.17) is 0 Å². The molecule has 1 aromatic carbocycles. The van der Waals surface area contributed by atoms with Gasteiger partial charge in [0.05, 0.1) is 0 Å². The molecule has 1 fully saturated rings. The van der Waals surface area contributed by atoms with E-state index >= 15 is 0 Å². The number of aromatic nitrogens is 1. The summed E-state index contributed by atoms with van der Waals surface area (Å²) in [5.41, 5.74) is 1.70. The molecule has 0 bridgehead atoms. The van der Waals surface area contributed by atoms with Crippen molar-refractivity contribution in [3.8, 4) is 0 Å². The number of Topliss-reactive ketones (excluding diaryl/α,β-unsaturated/α-hetero) is 1. The van der Waals surface area contributed by atoms with E-state index in [1.165, 1.54) is 18.3 Å². The lowest BCUT2D eigenvalue weighted by Crippen LogP contribution is -2.48. The SMILES string of the molecule is O=C(CCC(=O)N1CCN(CCCc2ccc(F)cc2)CC1)c1cccnc1. The standard InChI is InChI=1S/C22H26FN3O2/c23-20-7-5-18(6-8-20)3-2-12-25-13-15-26(16-14-25)22(28)10-9-21(27)19-4-1-11-24-17-19/h1,4-8,11,17H,2-3,9-10,12-16H2. The van der Waals surface area contributed by atoms with Crippen LogP contribution in [0.15, 0.2) is 48.8 Å². The number of pyridine rings is 1. The molecule has 2 heterocycles. The zero-order chi connectivity index (χ0) is 19.8. The van der Waals surface area contributed by atoms with Gasteiger partial charge in [-0.1, -0.05) is 12.1 Å². The molecule has 1 aromatic heterocycles. The van der Waals surface area contributed by atoms with Crippen LogP contribution in [0.25, 0.3) is 0 Å². The molecule has 1 amide bonds. The van der Waals surface area contributed by atoms with Crippen LogP contribution >= 0.6 is 0 Å². The average Bonchev–Trinajstić information content (AvgIpc) is 2.74. The Morgan fingerprint density at radius 3 is 2.43 bits per heavy atom. The van der Waals surface area contributed by atoms with Gasteiger partial charge in [0.25, 0.3) is 0 Å². The van der Waals surface area contributed by atoms with Crippen molar-refractivity contribution in [3.63, 3.8) is 0 Å². The Morgan fingerprint density at radius 1 is 1.00 bits per heavy atom. The zero-order valence-electron chi connectivity index (χ0n) is 16.0. The number of hydrogen-bond acceptors (Lipinski definition) is 4. The van der Waals surface area contributed by atoms with Gasteiger partial charge in [0.2, 0.25) is 5.91 Å². The molecule has 6 heteroatoms. The van der Waals surface area contributed by atoms with Crippen LogP contribution in [-0.4, -0.2) is 59.2 Å². The highest BCUT2D eigenvalue weighted by atomic mass is 19.1. The number of carbonyl (C=O) groups excluding carboxylic acids is 2. The van der Waals surface area contributed by atoms with E-state index < -0.39 is 0 Å². The summed E-state index contributed by atoms with van der Waals surface area (Å²) in [5, 5.41) is 0. The van der Waals surface area contributed by atoms with Gasteiger partial charge in [-0.25, -0.2) is 4.39 Å². The first-order valence-corrected chi connectivity index (χ1v) is 9.79. The van der Waals surface area contributed by atoms with Gasteiger partial charge in [-0.05, 0) is 49.2 Å². The predicted molar refractivity (Wildman–Crippen MR) is 106 cm³/mol. The van der Waals surface area contributed by atoms with Crippen LogP contribution < -0.4 is 0 Å². The van der Waals surface area contributed by atoms with Gasteiger partial charge >= 0.3 is 0 Å². The van der Waals surface area contributed by atoms with Crippen LogP contribution in [-0.2, 0) is 11.2 Å². The molecular formula is C22H26FN3O2. The summed E-state index contributed by atoms with van der Waals surface area (Å²) in [4.78, 5) is 32.6. The first-order valence-electron chi connectivity index (χ1n) is 9.79. The van der Waals surface area contributed by atoms with Crippen LogP contribution in [0.1, 0.15) is 35.2 Å². The van der Waals surface area contributed by atoms with Crippen molar-refractivity contribution in [1.82, 2.24) is 14.8 Å². The Labute approximate surface area is 165 Å². The smallest absolute Gasteiger partial charge is 0.223 e. The maximum atomic E-state index is 12.9. The summed E-state index contributed by atoms with van der Waals surface area (Å²) < 4.78 is 12.9. The van der Waals surface area contributed by atoms with E-state index in [0.717, 1.165) is 38.0 Å². The lowest BCUT2D eigenvalue weighted by atomic mass is 10.1. The molecule has 28 heavy (non-hydrogen) atoms. The third-order valence-electron chi connectivity index (χ3n) is 5.13. The molecule has 5 nitrogen and oxygen atoms in total. The van der Waals surface area contributed by atoms with Crippen molar-refractivity contribution in [2.24, 2.45) is 0 Å². The maximum absolute atomic E-state index is 12.9. The van der Waals surface area contributed by atoms with Crippen molar-refractivity contribution in [3.05, 3.63) is 65.7 Å². The number of hydrogen-bond donors (Lipinski definition) is 0. The van der Waals surface area contributed by atoms with Crippen molar-refractivity contribution in [2.75, 3.05) is 32.7 Å². The molecule has 0 saturated carbocycles. The van der Waals surface area contributed by atoms with Gasteiger partial charge in [0.15, 0.2) is 5.78 Å². The fraction of sp³-hybridized carbons (Fsp3) is 0.409. The number of carbonyl (C=O) groups is 2. The number of piperazine rings is 1. The molecule has 0 aliphatic carbocycles. The van der Waals surface area contributed by atoms with Gasteiger partial charge in [0.1, 0.15) is 5.82 Å². The highest BCUT2D eigenvalue weighted by molar-refractivity contribution is 5.97. The lowest BCUT2D eigenvalue weighted by molar-refractivity contribution is -0.132. The second kappa shape index (κ2) is 10.1. The molecule has 2 aromatic rings. The summed E-state index contributed by atoms with van der Waals surface area (Å²) in [7, 11) is 0. The van der Waals surface area contributed by atoms with Crippen LogP contribution in [0, 0.1) is 5.82 Å². The van der Waals surface area contributed by atoms with E-state index in [9.17, 15) is 14.0 Å². The van der Waals surface area contributed by atoms with Gasteiger partial charge in [-0.15, -0.1) is 0 Å². The molecule has 0 spiro atoms. The minimum atomic E-state index is -0.202. The molecule has 1 aliphatic rings. The molecule has 3 rings (SSSR count). The fourth-order valence-corrected chi connectivity index (χ4v) is 3.43. The predicted octanol–water partition coefficient (Wildman–Crippen LogP) is 2.96. The van der Waals surface area contributed by atoms with Crippen molar-refractivity contribution >= 4 is 11.7 Å². The molecule has 0 atom stereocenters. The van der Waals surface area contributed by atoms with E-state index in [0.29, 0.717) is 18.7 Å². The molecule has 148 valence electrons. The monoisotopic (exact) mass is 383 g/mol. The van der Waals surface area contributed by atoms with Crippen molar-refractivity contribution < 1.29 is 14.0 Å². The van der Waals surface area contributed by atoms with Crippen LogP contribution in [0.3, 0.4) is 0 Å². The topological polar surface area (TPSA) is 53.5 Å². The second-order valence-electron chi connectivity index (χ2n) is 7.12. The second-order valence-corrected chi connectivity index (χ2v) is 7.12. The van der Waals surface area contributed by atoms with E-state index in [1.54, 1.807) is 18.3 Å². The Balaban J connectivity index is 1.33. The van der Waals surface area contributed by atoms with Crippen molar-refractivity contribution in [1.29, 1.82) is 0 Å². The average molecular weight is 383 g/mol. The highest BCUT2D eigenvalue weighted by Gasteiger charge is 2.21.